The van der Waals surface area contributed by atoms with Crippen LogP contribution in [0.5, 0.6) is 0 Å². The van der Waals surface area contributed by atoms with Crippen LogP contribution in [0.15, 0.2) is 55.0 Å². The van der Waals surface area contributed by atoms with Crippen LogP contribution >= 0.6 is 11.6 Å². The summed E-state index contributed by atoms with van der Waals surface area (Å²) in [6.45, 7) is 4.30. The van der Waals surface area contributed by atoms with Crippen molar-refractivity contribution in [3.05, 3.63) is 65.6 Å². The Morgan fingerprint density at radius 1 is 1.14 bits per heavy atom. The van der Waals surface area contributed by atoms with Crippen LogP contribution in [0, 0.1) is 11.3 Å². The summed E-state index contributed by atoms with van der Waals surface area (Å²) in [7, 11) is 0. The maximum Gasteiger partial charge on any atom is 0.227 e. The van der Waals surface area contributed by atoms with Crippen molar-refractivity contribution in [2.24, 2.45) is 11.3 Å². The van der Waals surface area contributed by atoms with Crippen LogP contribution in [0.1, 0.15) is 51.0 Å². The second-order valence-electron chi connectivity index (χ2n) is 8.44. The SMILES string of the molecule is CC(C(=O)Nc1ccc(Cl)cc1)C1(C)CCC(c2ccnc3ccncc23)CC1. The Kier molecular flexibility index (Phi) is 5.55. The number of anilines is 1. The predicted octanol–water partition coefficient (Wildman–Crippen LogP) is 6.22. The molecule has 0 radical (unpaired) electrons. The van der Waals surface area contributed by atoms with E-state index in [9.17, 15) is 4.79 Å². The van der Waals surface area contributed by atoms with E-state index in [4.69, 9.17) is 11.6 Å². The molecule has 1 saturated carbocycles. The van der Waals surface area contributed by atoms with Gasteiger partial charge in [-0.05, 0) is 79.0 Å². The molecule has 29 heavy (non-hydrogen) atoms. The molecule has 3 aromatic rings. The third kappa shape index (κ3) is 4.13. The van der Waals surface area contributed by atoms with Gasteiger partial charge in [-0.2, -0.15) is 0 Å². The third-order valence-electron chi connectivity index (χ3n) is 6.69. The summed E-state index contributed by atoms with van der Waals surface area (Å²) in [6, 6.07) is 11.4. The number of carbonyl (C=O) groups excluding carboxylic acids is 1. The van der Waals surface area contributed by atoms with E-state index in [0.29, 0.717) is 10.9 Å². The lowest BCUT2D eigenvalue weighted by atomic mass is 9.64. The number of amides is 1. The summed E-state index contributed by atoms with van der Waals surface area (Å²) in [4.78, 5) is 21.6. The fourth-order valence-corrected chi connectivity index (χ4v) is 4.61. The first kappa shape index (κ1) is 19.8. The maximum atomic E-state index is 12.9. The molecule has 0 bridgehead atoms. The fourth-order valence-electron chi connectivity index (χ4n) is 4.49. The summed E-state index contributed by atoms with van der Waals surface area (Å²) in [6.07, 6.45) is 9.80. The molecule has 0 saturated heterocycles. The predicted molar refractivity (Wildman–Crippen MR) is 118 cm³/mol. The lowest BCUT2D eigenvalue weighted by Crippen LogP contribution is -2.37. The molecule has 1 aromatic carbocycles. The van der Waals surface area contributed by atoms with Gasteiger partial charge in [0.25, 0.3) is 0 Å². The maximum absolute atomic E-state index is 12.9. The van der Waals surface area contributed by atoms with Crippen molar-refractivity contribution in [2.45, 2.75) is 45.4 Å². The first-order valence-corrected chi connectivity index (χ1v) is 10.6. The number of nitrogens with zero attached hydrogens (tertiary/aromatic N) is 2. The van der Waals surface area contributed by atoms with E-state index >= 15 is 0 Å². The van der Waals surface area contributed by atoms with Crippen molar-refractivity contribution in [3.63, 3.8) is 0 Å². The first-order chi connectivity index (χ1) is 14.0. The largest absolute Gasteiger partial charge is 0.326 e. The molecule has 1 aliphatic carbocycles. The number of pyridine rings is 2. The Morgan fingerprint density at radius 3 is 2.59 bits per heavy atom. The van der Waals surface area contributed by atoms with Gasteiger partial charge in [0, 0.05) is 40.6 Å². The molecular formula is C24H26ClN3O. The van der Waals surface area contributed by atoms with Crippen LogP contribution < -0.4 is 5.32 Å². The molecule has 1 aliphatic rings. The van der Waals surface area contributed by atoms with Gasteiger partial charge >= 0.3 is 0 Å². The number of fused-ring (bicyclic) bond motifs is 1. The number of benzene rings is 1. The summed E-state index contributed by atoms with van der Waals surface area (Å²) in [5.74, 6) is 0.506. The summed E-state index contributed by atoms with van der Waals surface area (Å²) < 4.78 is 0. The van der Waals surface area contributed by atoms with Gasteiger partial charge in [-0.1, -0.05) is 25.4 Å². The van der Waals surface area contributed by atoms with Crippen LogP contribution in [-0.4, -0.2) is 15.9 Å². The lowest BCUT2D eigenvalue weighted by Gasteiger charge is -2.41. The lowest BCUT2D eigenvalue weighted by molar-refractivity contribution is -0.123. The number of rotatable bonds is 4. The normalized spacial score (nSPS) is 22.9. The van der Waals surface area contributed by atoms with Gasteiger partial charge in [0.15, 0.2) is 0 Å². The number of aromatic nitrogens is 2. The standard InChI is InChI=1S/C24H26ClN3O/c1-16(23(29)28-19-5-3-18(25)4-6-19)24(2)11-7-17(8-12-24)20-9-14-27-22-10-13-26-15-21(20)22/h3-6,9-10,13-17H,7-8,11-12H2,1-2H3,(H,28,29). The number of carbonyl (C=O) groups is 1. The number of hydrogen-bond acceptors (Lipinski definition) is 3. The molecule has 1 fully saturated rings. The Labute approximate surface area is 176 Å². The summed E-state index contributed by atoms with van der Waals surface area (Å²) in [5.41, 5.74) is 3.12. The van der Waals surface area contributed by atoms with Crippen LogP contribution in [0.4, 0.5) is 5.69 Å². The highest BCUT2D eigenvalue weighted by Crippen LogP contribution is 2.48. The first-order valence-electron chi connectivity index (χ1n) is 10.2. The van der Waals surface area contributed by atoms with Crippen molar-refractivity contribution in [1.29, 1.82) is 0 Å². The molecule has 1 amide bonds. The second kappa shape index (κ2) is 8.11. The minimum Gasteiger partial charge on any atom is -0.326 e. The van der Waals surface area contributed by atoms with Crippen LogP contribution in [0.25, 0.3) is 10.9 Å². The molecule has 150 valence electrons. The number of halogens is 1. The molecule has 4 rings (SSSR count). The van der Waals surface area contributed by atoms with Gasteiger partial charge < -0.3 is 5.32 Å². The average Bonchev–Trinajstić information content (AvgIpc) is 2.75. The second-order valence-corrected chi connectivity index (χ2v) is 8.88. The Hall–Kier alpha value is -2.46. The molecule has 1 unspecified atom stereocenters. The number of nitrogens with one attached hydrogen (secondary N) is 1. The molecule has 5 heteroatoms. The molecule has 0 aliphatic heterocycles. The zero-order valence-electron chi connectivity index (χ0n) is 16.9. The summed E-state index contributed by atoms with van der Waals surface area (Å²) >= 11 is 5.93. The highest BCUT2D eigenvalue weighted by molar-refractivity contribution is 6.30. The number of hydrogen-bond donors (Lipinski definition) is 1. The molecule has 0 spiro atoms. The minimum atomic E-state index is -0.0602. The monoisotopic (exact) mass is 407 g/mol. The van der Waals surface area contributed by atoms with Crippen molar-refractivity contribution in [2.75, 3.05) is 5.32 Å². The van der Waals surface area contributed by atoms with Gasteiger partial charge in [-0.15, -0.1) is 0 Å². The fraction of sp³-hybridized carbons (Fsp3) is 0.375. The van der Waals surface area contributed by atoms with Crippen LogP contribution in [0.2, 0.25) is 5.02 Å². The van der Waals surface area contributed by atoms with Crippen molar-refractivity contribution < 1.29 is 4.79 Å². The van der Waals surface area contributed by atoms with E-state index in [1.807, 2.05) is 30.6 Å². The van der Waals surface area contributed by atoms with E-state index in [-0.39, 0.29) is 17.2 Å². The molecular weight excluding hydrogens is 382 g/mol. The highest BCUT2D eigenvalue weighted by Gasteiger charge is 2.39. The average molecular weight is 408 g/mol. The zero-order chi connectivity index (χ0) is 20.4. The van der Waals surface area contributed by atoms with E-state index in [0.717, 1.165) is 42.3 Å². The Bertz CT molecular complexity index is 1000. The molecule has 1 N–H and O–H groups in total. The summed E-state index contributed by atoms with van der Waals surface area (Å²) in [5, 5.41) is 4.86. The van der Waals surface area contributed by atoms with Gasteiger partial charge in [0.1, 0.15) is 0 Å². The Morgan fingerprint density at radius 2 is 1.86 bits per heavy atom. The minimum absolute atomic E-state index is 0.00586. The molecule has 2 heterocycles. The van der Waals surface area contributed by atoms with Crippen LogP contribution in [0.3, 0.4) is 0 Å². The topological polar surface area (TPSA) is 54.9 Å². The smallest absolute Gasteiger partial charge is 0.227 e. The van der Waals surface area contributed by atoms with E-state index < -0.39 is 0 Å². The van der Waals surface area contributed by atoms with Gasteiger partial charge in [0.05, 0.1) is 5.52 Å². The third-order valence-corrected chi connectivity index (χ3v) is 6.95. The van der Waals surface area contributed by atoms with Gasteiger partial charge in [-0.25, -0.2) is 0 Å². The molecule has 1 atom stereocenters. The van der Waals surface area contributed by atoms with Gasteiger partial charge in [-0.3, -0.25) is 14.8 Å². The van der Waals surface area contributed by atoms with Crippen LogP contribution in [-0.2, 0) is 4.79 Å². The highest BCUT2D eigenvalue weighted by atomic mass is 35.5. The Balaban J connectivity index is 1.44. The van der Waals surface area contributed by atoms with E-state index in [1.54, 1.807) is 18.3 Å². The zero-order valence-corrected chi connectivity index (χ0v) is 17.6. The van der Waals surface area contributed by atoms with Crippen molar-refractivity contribution in [1.82, 2.24) is 9.97 Å². The van der Waals surface area contributed by atoms with Crippen molar-refractivity contribution >= 4 is 34.1 Å². The molecule has 2 aromatic heterocycles. The van der Waals surface area contributed by atoms with Gasteiger partial charge in [0.2, 0.25) is 5.91 Å². The van der Waals surface area contributed by atoms with E-state index in [1.165, 1.54) is 5.56 Å². The van der Waals surface area contributed by atoms with Crippen molar-refractivity contribution in [3.8, 4) is 0 Å². The van der Waals surface area contributed by atoms with E-state index in [2.05, 4.69) is 35.2 Å². The molecule has 4 nitrogen and oxygen atoms in total. The quantitative estimate of drug-likeness (QED) is 0.558.